The number of likely N-dealkylation sites (tertiary alicyclic amines) is 1. The molecule has 2 aliphatic rings. The summed E-state index contributed by atoms with van der Waals surface area (Å²) in [7, 11) is 0. The summed E-state index contributed by atoms with van der Waals surface area (Å²) in [5.41, 5.74) is 0.842. The van der Waals surface area contributed by atoms with Crippen LogP contribution in [0.1, 0.15) is 24.1 Å². The van der Waals surface area contributed by atoms with Crippen LogP contribution in [-0.4, -0.2) is 42.3 Å². The third kappa shape index (κ3) is 4.50. The first-order valence-electron chi connectivity index (χ1n) is 10.1. The molecule has 1 N–H and O–H groups in total. The summed E-state index contributed by atoms with van der Waals surface area (Å²) in [5.74, 6) is -0.250. The first-order valence-corrected chi connectivity index (χ1v) is 10.9. The standard InChI is InChI=1S/C22H25N3O3S/c26-20-13-17(15-25(20)18-5-2-1-3-6-18)22(28)24-10-8-16(9-11-24)21(27)23-14-19-7-4-12-29-19/h1-7,12,16-17H,8-11,13-15H2,(H,23,27)/t17-/m0/s1. The minimum absolute atomic E-state index is 0.00242. The second kappa shape index (κ2) is 8.78. The van der Waals surface area contributed by atoms with Crippen molar-refractivity contribution in [3.63, 3.8) is 0 Å². The first-order chi connectivity index (χ1) is 14.1. The van der Waals surface area contributed by atoms with Crippen molar-refractivity contribution in [3.05, 3.63) is 52.7 Å². The van der Waals surface area contributed by atoms with Crippen LogP contribution in [0.3, 0.4) is 0 Å². The van der Waals surface area contributed by atoms with Crippen LogP contribution in [0.15, 0.2) is 47.8 Å². The predicted molar refractivity (Wildman–Crippen MR) is 112 cm³/mol. The van der Waals surface area contributed by atoms with E-state index in [9.17, 15) is 14.4 Å². The summed E-state index contributed by atoms with van der Waals surface area (Å²) < 4.78 is 0. The van der Waals surface area contributed by atoms with E-state index < -0.39 is 0 Å². The number of carbonyl (C=O) groups is 3. The maximum Gasteiger partial charge on any atom is 0.228 e. The Bertz CT molecular complexity index is 861. The number of hydrogen-bond acceptors (Lipinski definition) is 4. The molecule has 4 rings (SSSR count). The summed E-state index contributed by atoms with van der Waals surface area (Å²) in [6, 6.07) is 13.5. The lowest BCUT2D eigenvalue weighted by Crippen LogP contribution is -2.45. The lowest BCUT2D eigenvalue weighted by Gasteiger charge is -2.32. The minimum Gasteiger partial charge on any atom is -0.351 e. The lowest BCUT2D eigenvalue weighted by molar-refractivity contribution is -0.139. The van der Waals surface area contributed by atoms with E-state index in [1.54, 1.807) is 16.2 Å². The van der Waals surface area contributed by atoms with Gasteiger partial charge in [-0.15, -0.1) is 11.3 Å². The Morgan fingerprint density at radius 3 is 2.48 bits per heavy atom. The number of anilines is 1. The van der Waals surface area contributed by atoms with Gasteiger partial charge in [-0.2, -0.15) is 0 Å². The third-order valence-corrected chi connectivity index (χ3v) is 6.61. The van der Waals surface area contributed by atoms with Gasteiger partial charge < -0.3 is 15.1 Å². The van der Waals surface area contributed by atoms with Gasteiger partial charge in [-0.1, -0.05) is 24.3 Å². The molecule has 1 aromatic heterocycles. The second-order valence-electron chi connectivity index (χ2n) is 7.64. The van der Waals surface area contributed by atoms with Gasteiger partial charge in [-0.25, -0.2) is 0 Å². The molecule has 2 saturated heterocycles. The Balaban J connectivity index is 1.27. The van der Waals surface area contributed by atoms with Gasteiger partial charge in [0.15, 0.2) is 0 Å². The zero-order valence-electron chi connectivity index (χ0n) is 16.3. The van der Waals surface area contributed by atoms with Gasteiger partial charge in [0, 0.05) is 42.5 Å². The van der Waals surface area contributed by atoms with Crippen molar-refractivity contribution in [1.82, 2.24) is 10.2 Å². The number of amides is 3. The summed E-state index contributed by atoms with van der Waals surface area (Å²) in [6.07, 6.45) is 1.60. The van der Waals surface area contributed by atoms with Crippen LogP contribution >= 0.6 is 11.3 Å². The molecule has 0 saturated carbocycles. The fraction of sp³-hybridized carbons (Fsp3) is 0.409. The number of carbonyl (C=O) groups excluding carboxylic acids is 3. The molecule has 29 heavy (non-hydrogen) atoms. The third-order valence-electron chi connectivity index (χ3n) is 5.74. The Labute approximate surface area is 174 Å². The Morgan fingerprint density at radius 2 is 1.79 bits per heavy atom. The summed E-state index contributed by atoms with van der Waals surface area (Å²) in [6.45, 7) is 2.15. The van der Waals surface area contributed by atoms with Gasteiger partial charge in [-0.05, 0) is 36.4 Å². The molecule has 152 valence electrons. The highest BCUT2D eigenvalue weighted by molar-refractivity contribution is 7.09. The van der Waals surface area contributed by atoms with Gasteiger partial charge in [0.05, 0.1) is 12.5 Å². The highest BCUT2D eigenvalue weighted by Gasteiger charge is 2.38. The number of piperidine rings is 1. The molecule has 0 radical (unpaired) electrons. The molecular weight excluding hydrogens is 386 g/mol. The Kier molecular flexibility index (Phi) is 5.94. The Hall–Kier alpha value is -2.67. The van der Waals surface area contributed by atoms with E-state index in [1.165, 1.54) is 0 Å². The van der Waals surface area contributed by atoms with E-state index in [2.05, 4.69) is 5.32 Å². The number of hydrogen-bond donors (Lipinski definition) is 1. The minimum atomic E-state index is -0.299. The van der Waals surface area contributed by atoms with E-state index in [1.807, 2.05) is 52.7 Å². The van der Waals surface area contributed by atoms with Gasteiger partial charge in [0.2, 0.25) is 17.7 Å². The normalized spacial score (nSPS) is 20.1. The van der Waals surface area contributed by atoms with Crippen molar-refractivity contribution in [2.24, 2.45) is 11.8 Å². The van der Waals surface area contributed by atoms with Crippen LogP contribution in [0.2, 0.25) is 0 Å². The van der Waals surface area contributed by atoms with Crippen molar-refractivity contribution in [3.8, 4) is 0 Å². The smallest absolute Gasteiger partial charge is 0.228 e. The van der Waals surface area contributed by atoms with Gasteiger partial charge in [0.25, 0.3) is 0 Å². The lowest BCUT2D eigenvalue weighted by atomic mass is 9.94. The molecule has 1 aromatic carbocycles. The highest BCUT2D eigenvalue weighted by atomic mass is 32.1. The molecule has 2 aliphatic heterocycles. The van der Waals surface area contributed by atoms with E-state index in [0.29, 0.717) is 39.0 Å². The largest absolute Gasteiger partial charge is 0.351 e. The van der Waals surface area contributed by atoms with Crippen molar-refractivity contribution in [2.75, 3.05) is 24.5 Å². The fourth-order valence-corrected chi connectivity index (χ4v) is 4.73. The zero-order valence-corrected chi connectivity index (χ0v) is 17.1. The number of rotatable bonds is 5. The number of para-hydroxylation sites is 1. The zero-order chi connectivity index (χ0) is 20.2. The van der Waals surface area contributed by atoms with E-state index >= 15 is 0 Å². The quantitative estimate of drug-likeness (QED) is 0.822. The van der Waals surface area contributed by atoms with Crippen LogP contribution in [0.4, 0.5) is 5.69 Å². The molecule has 0 unspecified atom stereocenters. The van der Waals surface area contributed by atoms with Crippen LogP contribution in [-0.2, 0) is 20.9 Å². The molecule has 3 heterocycles. The van der Waals surface area contributed by atoms with E-state index in [4.69, 9.17) is 0 Å². The molecular formula is C22H25N3O3S. The first kappa shape index (κ1) is 19.6. The summed E-state index contributed by atoms with van der Waals surface area (Å²) in [4.78, 5) is 42.4. The highest BCUT2D eigenvalue weighted by Crippen LogP contribution is 2.28. The van der Waals surface area contributed by atoms with Crippen LogP contribution in [0.25, 0.3) is 0 Å². The molecule has 0 aliphatic carbocycles. The SMILES string of the molecule is O=C(NCc1cccs1)C1CCN(C(=O)[C@H]2CC(=O)N(c3ccccc3)C2)CC1. The maximum atomic E-state index is 12.9. The fourth-order valence-electron chi connectivity index (χ4n) is 4.08. The number of nitrogens with one attached hydrogen (secondary N) is 1. The Morgan fingerprint density at radius 1 is 1.03 bits per heavy atom. The van der Waals surface area contributed by atoms with E-state index in [-0.39, 0.29) is 36.0 Å². The van der Waals surface area contributed by atoms with Gasteiger partial charge in [0.1, 0.15) is 0 Å². The predicted octanol–water partition coefficient (Wildman–Crippen LogP) is 2.66. The molecule has 2 aromatic rings. The van der Waals surface area contributed by atoms with Crippen molar-refractivity contribution in [1.29, 1.82) is 0 Å². The number of nitrogens with zero attached hydrogens (tertiary/aromatic N) is 2. The van der Waals surface area contributed by atoms with Crippen LogP contribution in [0, 0.1) is 11.8 Å². The van der Waals surface area contributed by atoms with Crippen molar-refractivity contribution >= 4 is 34.7 Å². The molecule has 2 fully saturated rings. The average Bonchev–Trinajstić information content (AvgIpc) is 3.42. The number of benzene rings is 1. The monoisotopic (exact) mass is 411 g/mol. The molecule has 7 heteroatoms. The van der Waals surface area contributed by atoms with Gasteiger partial charge in [-0.3, -0.25) is 14.4 Å². The molecule has 6 nitrogen and oxygen atoms in total. The molecule has 0 bridgehead atoms. The second-order valence-corrected chi connectivity index (χ2v) is 8.67. The van der Waals surface area contributed by atoms with Gasteiger partial charge >= 0.3 is 0 Å². The summed E-state index contributed by atoms with van der Waals surface area (Å²) >= 11 is 1.63. The molecule has 0 spiro atoms. The summed E-state index contributed by atoms with van der Waals surface area (Å²) in [5, 5.41) is 5.00. The van der Waals surface area contributed by atoms with Crippen LogP contribution < -0.4 is 10.2 Å². The number of thiophene rings is 1. The topological polar surface area (TPSA) is 69.7 Å². The average molecular weight is 412 g/mol. The van der Waals surface area contributed by atoms with E-state index in [0.717, 1.165) is 10.6 Å². The maximum absolute atomic E-state index is 12.9. The van der Waals surface area contributed by atoms with Crippen molar-refractivity contribution < 1.29 is 14.4 Å². The molecule has 3 amide bonds. The molecule has 1 atom stereocenters. The van der Waals surface area contributed by atoms with Crippen molar-refractivity contribution in [2.45, 2.75) is 25.8 Å². The van der Waals surface area contributed by atoms with Crippen LogP contribution in [0.5, 0.6) is 0 Å².